The van der Waals surface area contributed by atoms with Gasteiger partial charge in [-0.1, -0.05) is 13.0 Å². The van der Waals surface area contributed by atoms with Gasteiger partial charge in [-0.15, -0.1) is 0 Å². The first-order valence-electron chi connectivity index (χ1n) is 5.76. The van der Waals surface area contributed by atoms with Crippen LogP contribution in [0.25, 0.3) is 0 Å². The van der Waals surface area contributed by atoms with Gasteiger partial charge in [-0.3, -0.25) is 0 Å². The summed E-state index contributed by atoms with van der Waals surface area (Å²) in [5, 5.41) is 0. The average molecular weight is 246 g/mol. The summed E-state index contributed by atoms with van der Waals surface area (Å²) < 4.78 is 37.8. The van der Waals surface area contributed by atoms with Crippen molar-refractivity contribution in [3.8, 4) is 0 Å². The molecule has 1 heterocycles. The predicted octanol–water partition coefficient (Wildman–Crippen LogP) is 3.51. The van der Waals surface area contributed by atoms with Crippen molar-refractivity contribution in [2.75, 3.05) is 18.0 Å². The van der Waals surface area contributed by atoms with E-state index in [0.717, 1.165) is 11.6 Å². The first-order valence-corrected chi connectivity index (χ1v) is 5.76. The fraction of sp³-hybridized carbons (Fsp3) is 0.583. The van der Waals surface area contributed by atoms with E-state index in [0.29, 0.717) is 25.3 Å². The Morgan fingerprint density at radius 3 is 2.12 bits per heavy atom. The Balaban J connectivity index is 3.24. The normalized spacial score (nSPS) is 11.6. The second-order valence-electron chi connectivity index (χ2n) is 3.70. The zero-order chi connectivity index (χ0) is 13.1. The highest BCUT2D eigenvalue weighted by Crippen LogP contribution is 2.30. The van der Waals surface area contributed by atoms with Gasteiger partial charge in [0.1, 0.15) is 11.5 Å². The molecule has 1 rings (SSSR count). The molecular weight excluding hydrogens is 229 g/mol. The van der Waals surface area contributed by atoms with Gasteiger partial charge < -0.3 is 4.90 Å². The lowest BCUT2D eigenvalue weighted by Gasteiger charge is -2.23. The third kappa shape index (κ3) is 3.11. The van der Waals surface area contributed by atoms with Gasteiger partial charge in [-0.2, -0.15) is 13.2 Å². The van der Waals surface area contributed by atoms with Crippen LogP contribution in [0.1, 0.15) is 32.0 Å². The monoisotopic (exact) mass is 246 g/mol. The number of aryl methyl sites for hydroxylation is 1. The van der Waals surface area contributed by atoms with Gasteiger partial charge in [-0.05, 0) is 31.9 Å². The van der Waals surface area contributed by atoms with Crippen LogP contribution in [0.4, 0.5) is 19.0 Å². The maximum Gasteiger partial charge on any atom is 0.433 e. The van der Waals surface area contributed by atoms with Crippen LogP contribution in [-0.2, 0) is 12.6 Å². The van der Waals surface area contributed by atoms with Crippen LogP contribution < -0.4 is 4.90 Å². The van der Waals surface area contributed by atoms with E-state index in [1.165, 1.54) is 6.07 Å². The fourth-order valence-corrected chi connectivity index (χ4v) is 1.71. The Morgan fingerprint density at radius 2 is 1.71 bits per heavy atom. The molecule has 0 amide bonds. The highest BCUT2D eigenvalue weighted by atomic mass is 19.4. The number of nitrogens with zero attached hydrogens (tertiary/aromatic N) is 2. The van der Waals surface area contributed by atoms with Gasteiger partial charge in [0.2, 0.25) is 0 Å². The number of hydrogen-bond donors (Lipinski definition) is 0. The van der Waals surface area contributed by atoms with Crippen molar-refractivity contribution < 1.29 is 13.2 Å². The Morgan fingerprint density at radius 1 is 1.12 bits per heavy atom. The molecule has 0 atom stereocenters. The molecule has 0 aliphatic heterocycles. The van der Waals surface area contributed by atoms with Crippen molar-refractivity contribution in [1.82, 2.24) is 4.98 Å². The molecule has 1 aromatic rings. The van der Waals surface area contributed by atoms with Gasteiger partial charge in [0.05, 0.1) is 0 Å². The largest absolute Gasteiger partial charge is 0.433 e. The fourth-order valence-electron chi connectivity index (χ4n) is 1.71. The minimum Gasteiger partial charge on any atom is -0.357 e. The number of alkyl halides is 3. The number of rotatable bonds is 4. The zero-order valence-electron chi connectivity index (χ0n) is 10.3. The van der Waals surface area contributed by atoms with E-state index in [1.807, 2.05) is 25.7 Å². The lowest BCUT2D eigenvalue weighted by atomic mass is 10.1. The van der Waals surface area contributed by atoms with Gasteiger partial charge in [-0.25, -0.2) is 4.98 Å². The third-order valence-electron chi connectivity index (χ3n) is 2.69. The molecule has 0 aliphatic rings. The Bertz CT molecular complexity index is 371. The summed E-state index contributed by atoms with van der Waals surface area (Å²) in [6.45, 7) is 7.03. The van der Waals surface area contributed by atoms with Crippen molar-refractivity contribution in [3.63, 3.8) is 0 Å². The van der Waals surface area contributed by atoms with Crippen molar-refractivity contribution >= 4 is 5.82 Å². The SMILES string of the molecule is CCc1ccc(C(F)(F)F)nc1N(CC)CC. The van der Waals surface area contributed by atoms with Crippen LogP contribution in [0.5, 0.6) is 0 Å². The molecule has 0 aromatic carbocycles. The van der Waals surface area contributed by atoms with Crippen LogP contribution in [0.15, 0.2) is 12.1 Å². The number of halogens is 3. The number of pyridine rings is 1. The molecular formula is C12H17F3N2. The molecule has 0 aliphatic carbocycles. The summed E-state index contributed by atoms with van der Waals surface area (Å²) in [4.78, 5) is 5.60. The maximum absolute atomic E-state index is 12.6. The number of aromatic nitrogens is 1. The molecule has 0 radical (unpaired) electrons. The molecule has 1 aromatic heterocycles. The van der Waals surface area contributed by atoms with Gasteiger partial charge in [0.25, 0.3) is 0 Å². The summed E-state index contributed by atoms with van der Waals surface area (Å²) in [5.41, 5.74) is 0.0262. The smallest absolute Gasteiger partial charge is 0.357 e. The minimum absolute atomic E-state index is 0.451. The standard InChI is InChI=1S/C12H17F3N2/c1-4-9-7-8-10(12(13,14)15)16-11(9)17(5-2)6-3/h7-8H,4-6H2,1-3H3. The highest BCUT2D eigenvalue weighted by Gasteiger charge is 2.33. The lowest BCUT2D eigenvalue weighted by molar-refractivity contribution is -0.141. The molecule has 17 heavy (non-hydrogen) atoms. The molecule has 5 heteroatoms. The lowest BCUT2D eigenvalue weighted by Crippen LogP contribution is -2.25. The molecule has 0 saturated heterocycles. The zero-order valence-corrected chi connectivity index (χ0v) is 10.3. The third-order valence-corrected chi connectivity index (χ3v) is 2.69. The summed E-state index contributed by atoms with van der Waals surface area (Å²) in [7, 11) is 0. The Kier molecular flexibility index (Phi) is 4.37. The molecule has 2 nitrogen and oxygen atoms in total. The van der Waals surface area contributed by atoms with E-state index >= 15 is 0 Å². The van der Waals surface area contributed by atoms with Gasteiger partial charge in [0.15, 0.2) is 0 Å². The van der Waals surface area contributed by atoms with Crippen molar-refractivity contribution in [3.05, 3.63) is 23.4 Å². The van der Waals surface area contributed by atoms with E-state index in [4.69, 9.17) is 0 Å². The second kappa shape index (κ2) is 5.38. The Hall–Kier alpha value is -1.26. The van der Waals surface area contributed by atoms with Crippen molar-refractivity contribution in [2.24, 2.45) is 0 Å². The van der Waals surface area contributed by atoms with Crippen LogP contribution in [-0.4, -0.2) is 18.1 Å². The molecule has 0 fully saturated rings. The Labute approximate surface area is 99.5 Å². The summed E-state index contributed by atoms with van der Waals surface area (Å²) in [5.74, 6) is 0.451. The van der Waals surface area contributed by atoms with Crippen LogP contribution in [0, 0.1) is 0 Å². The van der Waals surface area contributed by atoms with Crippen LogP contribution >= 0.6 is 0 Å². The van der Waals surface area contributed by atoms with Gasteiger partial charge in [0, 0.05) is 13.1 Å². The molecule has 0 spiro atoms. The summed E-state index contributed by atoms with van der Waals surface area (Å²) in [6.07, 6.45) is -3.70. The van der Waals surface area contributed by atoms with E-state index in [9.17, 15) is 13.2 Å². The minimum atomic E-state index is -4.38. The molecule has 0 bridgehead atoms. The predicted molar refractivity (Wildman–Crippen MR) is 62.2 cm³/mol. The molecule has 96 valence electrons. The molecule has 0 unspecified atom stereocenters. The highest BCUT2D eigenvalue weighted by molar-refractivity contribution is 5.48. The van der Waals surface area contributed by atoms with E-state index in [1.54, 1.807) is 0 Å². The van der Waals surface area contributed by atoms with Crippen molar-refractivity contribution in [2.45, 2.75) is 33.4 Å². The summed E-state index contributed by atoms with van der Waals surface area (Å²) in [6, 6.07) is 2.56. The van der Waals surface area contributed by atoms with E-state index in [2.05, 4.69) is 4.98 Å². The average Bonchev–Trinajstić information content (AvgIpc) is 2.29. The quantitative estimate of drug-likeness (QED) is 0.808. The maximum atomic E-state index is 12.6. The first kappa shape index (κ1) is 13.8. The first-order chi connectivity index (χ1) is 7.93. The number of anilines is 1. The second-order valence-corrected chi connectivity index (χ2v) is 3.70. The number of hydrogen-bond acceptors (Lipinski definition) is 2. The van der Waals surface area contributed by atoms with E-state index < -0.39 is 11.9 Å². The van der Waals surface area contributed by atoms with Crippen LogP contribution in [0.2, 0.25) is 0 Å². The molecule has 0 saturated carbocycles. The van der Waals surface area contributed by atoms with Gasteiger partial charge >= 0.3 is 6.18 Å². The van der Waals surface area contributed by atoms with Crippen LogP contribution in [0.3, 0.4) is 0 Å². The van der Waals surface area contributed by atoms with E-state index in [-0.39, 0.29) is 0 Å². The van der Waals surface area contributed by atoms with Crippen molar-refractivity contribution in [1.29, 1.82) is 0 Å². The topological polar surface area (TPSA) is 16.1 Å². The molecule has 0 N–H and O–H groups in total. The summed E-state index contributed by atoms with van der Waals surface area (Å²) >= 11 is 0.